The number of nitrogens with two attached hydrogens (primary N) is 1. The molecule has 1 saturated heterocycles. The number of amides is 1. The smallest absolute Gasteiger partial charge is 0.230 e. The van der Waals surface area contributed by atoms with Crippen LogP contribution < -0.4 is 10.0 Å². The van der Waals surface area contributed by atoms with E-state index in [0.29, 0.717) is 11.0 Å². The van der Waals surface area contributed by atoms with Gasteiger partial charge in [-0.2, -0.15) is 0 Å². The third kappa shape index (κ3) is 2.57. The molecular weight excluding hydrogens is 300 g/mol. The molecule has 2 heterocycles. The minimum absolute atomic E-state index is 0.0722. The van der Waals surface area contributed by atoms with Crippen LogP contribution in [0.2, 0.25) is 0 Å². The Hall–Kier alpha value is -1.06. The molecule has 0 bridgehead atoms. The van der Waals surface area contributed by atoms with E-state index in [9.17, 15) is 13.2 Å². The molecule has 1 aliphatic carbocycles. The Bertz CT molecular complexity index is 621. The van der Waals surface area contributed by atoms with Crippen LogP contribution in [0.1, 0.15) is 43.0 Å². The summed E-state index contributed by atoms with van der Waals surface area (Å²) in [7, 11) is -3.69. The minimum Gasteiger partial charge on any atom is -0.285 e. The van der Waals surface area contributed by atoms with Crippen molar-refractivity contribution in [1.29, 1.82) is 0 Å². The van der Waals surface area contributed by atoms with Gasteiger partial charge in [-0.15, -0.1) is 10.2 Å². The molecule has 0 aromatic carbocycles. The van der Waals surface area contributed by atoms with Gasteiger partial charge in [-0.05, 0) is 12.8 Å². The standard InChI is InChI=1S/C11H16N4O3S2/c12-20(17,18)8-5-9(16)15(6-8)11-14-13-10(19-11)7-3-1-2-4-7/h7-8H,1-6H2,(H2,12,17,18). The number of aromatic nitrogens is 2. The third-order valence-electron chi connectivity index (χ3n) is 3.92. The van der Waals surface area contributed by atoms with Crippen molar-refractivity contribution in [2.24, 2.45) is 5.14 Å². The van der Waals surface area contributed by atoms with Crippen molar-refractivity contribution in [3.8, 4) is 0 Å². The van der Waals surface area contributed by atoms with Crippen LogP contribution in [0.3, 0.4) is 0 Å². The first-order valence-electron chi connectivity index (χ1n) is 6.60. The van der Waals surface area contributed by atoms with Crippen LogP contribution in [-0.4, -0.2) is 36.3 Å². The molecule has 1 amide bonds. The zero-order valence-corrected chi connectivity index (χ0v) is 12.5. The molecule has 110 valence electrons. The van der Waals surface area contributed by atoms with Crippen molar-refractivity contribution in [2.75, 3.05) is 11.4 Å². The predicted molar refractivity (Wildman–Crippen MR) is 75.0 cm³/mol. The van der Waals surface area contributed by atoms with Crippen molar-refractivity contribution < 1.29 is 13.2 Å². The molecule has 1 atom stereocenters. The fourth-order valence-corrected chi connectivity index (χ4v) is 4.52. The minimum atomic E-state index is -3.69. The van der Waals surface area contributed by atoms with Crippen LogP contribution in [0.5, 0.6) is 0 Å². The van der Waals surface area contributed by atoms with Crippen LogP contribution >= 0.6 is 11.3 Å². The van der Waals surface area contributed by atoms with E-state index in [4.69, 9.17) is 5.14 Å². The highest BCUT2D eigenvalue weighted by Gasteiger charge is 2.39. The highest BCUT2D eigenvalue weighted by Crippen LogP contribution is 2.38. The van der Waals surface area contributed by atoms with E-state index in [1.165, 1.54) is 29.1 Å². The molecule has 1 unspecified atom stereocenters. The first-order valence-corrected chi connectivity index (χ1v) is 9.03. The zero-order chi connectivity index (χ0) is 14.3. The van der Waals surface area contributed by atoms with Gasteiger partial charge in [0.25, 0.3) is 0 Å². The van der Waals surface area contributed by atoms with E-state index in [2.05, 4.69) is 10.2 Å². The number of hydrogen-bond donors (Lipinski definition) is 1. The number of sulfonamides is 1. The zero-order valence-electron chi connectivity index (χ0n) is 10.9. The highest BCUT2D eigenvalue weighted by atomic mass is 32.2. The lowest BCUT2D eigenvalue weighted by Gasteiger charge is -2.11. The Balaban J connectivity index is 1.78. The molecule has 9 heteroatoms. The number of hydrogen-bond acceptors (Lipinski definition) is 6. The lowest BCUT2D eigenvalue weighted by Crippen LogP contribution is -2.32. The van der Waals surface area contributed by atoms with Crippen LogP contribution in [0.15, 0.2) is 0 Å². The molecule has 1 aliphatic heterocycles. The van der Waals surface area contributed by atoms with E-state index in [-0.39, 0.29) is 18.9 Å². The van der Waals surface area contributed by atoms with Crippen molar-refractivity contribution in [3.05, 3.63) is 5.01 Å². The summed E-state index contributed by atoms with van der Waals surface area (Å²) in [5.41, 5.74) is 0. The second kappa shape index (κ2) is 5.05. The Labute approximate surface area is 121 Å². The van der Waals surface area contributed by atoms with E-state index in [1.54, 1.807) is 0 Å². The normalized spacial score (nSPS) is 24.8. The lowest BCUT2D eigenvalue weighted by molar-refractivity contribution is -0.117. The summed E-state index contributed by atoms with van der Waals surface area (Å²) in [6, 6.07) is 0. The molecular formula is C11H16N4O3S2. The van der Waals surface area contributed by atoms with Gasteiger partial charge in [-0.3, -0.25) is 9.69 Å². The summed E-state index contributed by atoms with van der Waals surface area (Å²) in [6.45, 7) is 0.0803. The van der Waals surface area contributed by atoms with Gasteiger partial charge in [0.1, 0.15) is 10.3 Å². The molecule has 1 aromatic heterocycles. The quantitative estimate of drug-likeness (QED) is 0.878. The summed E-state index contributed by atoms with van der Waals surface area (Å²) in [5.74, 6) is 0.186. The van der Waals surface area contributed by atoms with Crippen LogP contribution in [0.4, 0.5) is 5.13 Å². The molecule has 0 radical (unpaired) electrons. The number of carbonyl (C=O) groups excluding carboxylic acids is 1. The summed E-state index contributed by atoms with van der Waals surface area (Å²) >= 11 is 1.39. The second-order valence-corrected chi connectivity index (χ2v) is 8.16. The van der Waals surface area contributed by atoms with Crippen molar-refractivity contribution in [2.45, 2.75) is 43.3 Å². The third-order valence-corrected chi connectivity index (χ3v) is 6.27. The maximum absolute atomic E-state index is 11.9. The fraction of sp³-hybridized carbons (Fsp3) is 0.727. The molecule has 7 nitrogen and oxygen atoms in total. The van der Waals surface area contributed by atoms with Crippen molar-refractivity contribution >= 4 is 32.4 Å². The Kier molecular flexibility index (Phi) is 3.51. The topological polar surface area (TPSA) is 106 Å². The molecule has 2 fully saturated rings. The number of anilines is 1. The highest BCUT2D eigenvalue weighted by molar-refractivity contribution is 7.89. The average molecular weight is 316 g/mol. The van der Waals surface area contributed by atoms with Gasteiger partial charge in [-0.1, -0.05) is 24.2 Å². The number of nitrogens with zero attached hydrogens (tertiary/aromatic N) is 3. The number of carbonyl (C=O) groups is 1. The van der Waals surface area contributed by atoms with Crippen LogP contribution in [-0.2, 0) is 14.8 Å². The first-order chi connectivity index (χ1) is 9.45. The van der Waals surface area contributed by atoms with Gasteiger partial charge in [0.05, 0.1) is 0 Å². The van der Waals surface area contributed by atoms with Gasteiger partial charge in [0.15, 0.2) is 0 Å². The monoisotopic (exact) mass is 316 g/mol. The van der Waals surface area contributed by atoms with E-state index >= 15 is 0 Å². The van der Waals surface area contributed by atoms with E-state index in [1.807, 2.05) is 0 Å². The lowest BCUT2D eigenvalue weighted by atomic mass is 10.1. The second-order valence-electron chi connectivity index (χ2n) is 5.32. The van der Waals surface area contributed by atoms with Gasteiger partial charge >= 0.3 is 0 Å². The van der Waals surface area contributed by atoms with E-state index < -0.39 is 15.3 Å². The molecule has 2 N–H and O–H groups in total. The van der Waals surface area contributed by atoms with Crippen molar-refractivity contribution in [3.63, 3.8) is 0 Å². The van der Waals surface area contributed by atoms with Gasteiger partial charge in [0.2, 0.25) is 21.1 Å². The molecule has 1 saturated carbocycles. The Morgan fingerprint density at radius 1 is 1.25 bits per heavy atom. The van der Waals surface area contributed by atoms with Gasteiger partial charge < -0.3 is 0 Å². The van der Waals surface area contributed by atoms with Crippen molar-refractivity contribution in [1.82, 2.24) is 10.2 Å². The summed E-state index contributed by atoms with van der Waals surface area (Å²) in [4.78, 5) is 13.3. The number of rotatable bonds is 3. The molecule has 1 aromatic rings. The first kappa shape index (κ1) is 13.9. The van der Waals surface area contributed by atoms with Crippen LogP contribution in [0, 0.1) is 0 Å². The maximum atomic E-state index is 11.9. The summed E-state index contributed by atoms with van der Waals surface area (Å²) in [6.07, 6.45) is 4.56. The van der Waals surface area contributed by atoms with Crippen LogP contribution in [0.25, 0.3) is 0 Å². The molecule has 0 spiro atoms. The largest absolute Gasteiger partial charge is 0.285 e. The molecule has 2 aliphatic rings. The number of primary sulfonamides is 1. The summed E-state index contributed by atoms with van der Waals surface area (Å²) < 4.78 is 22.7. The Morgan fingerprint density at radius 3 is 2.55 bits per heavy atom. The fourth-order valence-electron chi connectivity index (χ4n) is 2.75. The van der Waals surface area contributed by atoms with Gasteiger partial charge in [-0.25, -0.2) is 13.6 Å². The molecule has 20 heavy (non-hydrogen) atoms. The maximum Gasteiger partial charge on any atom is 0.230 e. The van der Waals surface area contributed by atoms with E-state index in [0.717, 1.165) is 17.8 Å². The summed E-state index contributed by atoms with van der Waals surface area (Å²) in [5, 5.41) is 13.9. The Morgan fingerprint density at radius 2 is 1.95 bits per heavy atom. The molecule has 3 rings (SSSR count). The average Bonchev–Trinajstić information content (AvgIpc) is 3.06. The predicted octanol–water partition coefficient (Wildman–Crippen LogP) is 0.590. The van der Waals surface area contributed by atoms with Gasteiger partial charge in [0, 0.05) is 18.9 Å². The SMILES string of the molecule is NS(=O)(=O)C1CC(=O)N(c2nnc(C3CCCC3)s2)C1.